The lowest BCUT2D eigenvalue weighted by Crippen LogP contribution is -2.19. The van der Waals surface area contributed by atoms with E-state index in [1.165, 1.54) is 12.1 Å². The predicted octanol–water partition coefficient (Wildman–Crippen LogP) is 3.92. The molecule has 0 aliphatic heterocycles. The summed E-state index contributed by atoms with van der Waals surface area (Å²) in [5.41, 5.74) is 1.90. The summed E-state index contributed by atoms with van der Waals surface area (Å²) in [5, 5.41) is 9.31. The number of carbonyl (C=O) groups is 1. The Labute approximate surface area is 178 Å². The fourth-order valence-corrected chi connectivity index (χ4v) is 3.97. The quantitative estimate of drug-likeness (QED) is 0.453. The van der Waals surface area contributed by atoms with E-state index in [4.69, 9.17) is 16.7 Å². The third-order valence-electron chi connectivity index (χ3n) is 4.63. The van der Waals surface area contributed by atoms with Crippen LogP contribution in [0, 0.1) is 5.82 Å². The van der Waals surface area contributed by atoms with Crippen molar-refractivity contribution in [1.29, 1.82) is 0 Å². The Morgan fingerprint density at radius 1 is 1.17 bits per heavy atom. The minimum absolute atomic E-state index is 0.0713. The first-order valence-corrected chi connectivity index (χ1v) is 11.1. The van der Waals surface area contributed by atoms with E-state index in [0.717, 1.165) is 6.07 Å². The van der Waals surface area contributed by atoms with Crippen LogP contribution in [0.1, 0.15) is 40.2 Å². The highest BCUT2D eigenvalue weighted by Gasteiger charge is 2.19. The number of hydrogen-bond acceptors (Lipinski definition) is 4. The lowest BCUT2D eigenvalue weighted by atomic mass is 9.97. The number of sulfonamides is 1. The van der Waals surface area contributed by atoms with Gasteiger partial charge in [0, 0.05) is 22.2 Å². The van der Waals surface area contributed by atoms with E-state index in [-0.39, 0.29) is 11.5 Å². The molecule has 30 heavy (non-hydrogen) atoms. The molecule has 0 aliphatic carbocycles. The van der Waals surface area contributed by atoms with Gasteiger partial charge in [0.05, 0.1) is 23.7 Å². The molecule has 0 bridgehead atoms. The van der Waals surface area contributed by atoms with Crippen LogP contribution in [0.25, 0.3) is 0 Å². The van der Waals surface area contributed by atoms with Gasteiger partial charge in [-0.3, -0.25) is 9.52 Å². The molecule has 0 spiro atoms. The van der Waals surface area contributed by atoms with Crippen LogP contribution in [0.4, 0.5) is 10.1 Å². The smallest absolute Gasteiger partial charge is 0.234 e. The first-order chi connectivity index (χ1) is 14.2. The second-order valence-electron chi connectivity index (χ2n) is 6.77. The van der Waals surface area contributed by atoms with E-state index < -0.39 is 34.1 Å². The number of anilines is 1. The van der Waals surface area contributed by atoms with Crippen LogP contribution in [0.5, 0.6) is 0 Å². The van der Waals surface area contributed by atoms with Crippen LogP contribution >= 0.6 is 11.6 Å². The molecule has 0 saturated heterocycles. The van der Waals surface area contributed by atoms with Crippen molar-refractivity contribution >= 4 is 33.1 Å². The van der Waals surface area contributed by atoms with Crippen LogP contribution in [-0.4, -0.2) is 36.7 Å². The van der Waals surface area contributed by atoms with Gasteiger partial charge in [0.15, 0.2) is 0 Å². The summed E-state index contributed by atoms with van der Waals surface area (Å²) >= 11 is 5.85. The number of aromatic amines is 1. The second kappa shape index (κ2) is 8.99. The van der Waals surface area contributed by atoms with Gasteiger partial charge >= 0.3 is 0 Å². The van der Waals surface area contributed by atoms with E-state index in [2.05, 4.69) is 9.71 Å². The standard InChI is InChI=1S/C21H20ClFN2O4S/c1-13(17-7-6-16(12-18(17)23)25-30(28,29)11-10-26)19-8-9-20(24-19)21(27)14-2-4-15(22)5-3-14/h2-9,12-13,24-26H,10-11H2,1H3. The zero-order valence-corrected chi connectivity index (χ0v) is 17.6. The Kier molecular flexibility index (Phi) is 6.60. The van der Waals surface area contributed by atoms with E-state index in [0.29, 0.717) is 27.5 Å². The molecule has 0 fully saturated rings. The average Bonchev–Trinajstić information content (AvgIpc) is 3.17. The molecule has 2 aromatic carbocycles. The normalized spacial score (nSPS) is 12.5. The van der Waals surface area contributed by atoms with Gasteiger partial charge in [-0.15, -0.1) is 0 Å². The van der Waals surface area contributed by atoms with Crippen molar-refractivity contribution in [3.63, 3.8) is 0 Å². The van der Waals surface area contributed by atoms with Gasteiger partial charge in [-0.2, -0.15) is 0 Å². The number of ketones is 1. The molecule has 6 nitrogen and oxygen atoms in total. The zero-order valence-electron chi connectivity index (χ0n) is 16.0. The molecule has 3 N–H and O–H groups in total. The first-order valence-electron chi connectivity index (χ1n) is 9.10. The first kappa shape index (κ1) is 22.0. The molecule has 1 unspecified atom stereocenters. The molecule has 0 aliphatic rings. The molecule has 0 radical (unpaired) electrons. The fourth-order valence-electron chi connectivity index (χ4n) is 3.01. The van der Waals surface area contributed by atoms with Gasteiger partial charge in [0.25, 0.3) is 0 Å². The number of rotatable bonds is 8. The number of aliphatic hydroxyl groups is 1. The van der Waals surface area contributed by atoms with E-state index >= 15 is 0 Å². The zero-order chi connectivity index (χ0) is 21.9. The number of halogens is 2. The summed E-state index contributed by atoms with van der Waals surface area (Å²) in [7, 11) is -3.74. The lowest BCUT2D eigenvalue weighted by Gasteiger charge is -2.14. The molecule has 9 heteroatoms. The molecule has 3 rings (SSSR count). The minimum Gasteiger partial charge on any atom is -0.395 e. The van der Waals surface area contributed by atoms with E-state index in [1.807, 2.05) is 0 Å². The highest BCUT2D eigenvalue weighted by molar-refractivity contribution is 7.92. The van der Waals surface area contributed by atoms with Crippen molar-refractivity contribution in [2.75, 3.05) is 17.1 Å². The summed E-state index contributed by atoms with van der Waals surface area (Å²) in [5.74, 6) is -1.68. The van der Waals surface area contributed by atoms with Crippen molar-refractivity contribution in [3.8, 4) is 0 Å². The largest absolute Gasteiger partial charge is 0.395 e. The SMILES string of the molecule is CC(c1ccc(C(=O)c2ccc(Cl)cc2)[nH]1)c1ccc(NS(=O)(=O)CCO)cc1F. The third kappa shape index (κ3) is 5.08. The number of aromatic nitrogens is 1. The van der Waals surface area contributed by atoms with Crippen molar-refractivity contribution < 1.29 is 22.7 Å². The van der Waals surface area contributed by atoms with E-state index in [1.54, 1.807) is 43.3 Å². The van der Waals surface area contributed by atoms with Crippen molar-refractivity contribution in [1.82, 2.24) is 4.98 Å². The molecular formula is C21H20ClFN2O4S. The Hall–Kier alpha value is -2.68. The lowest BCUT2D eigenvalue weighted by molar-refractivity contribution is 0.103. The highest BCUT2D eigenvalue weighted by Crippen LogP contribution is 2.28. The number of carbonyl (C=O) groups excluding carboxylic acids is 1. The third-order valence-corrected chi connectivity index (χ3v) is 6.15. The van der Waals surface area contributed by atoms with Gasteiger partial charge in [-0.25, -0.2) is 12.8 Å². The maximum atomic E-state index is 14.6. The van der Waals surface area contributed by atoms with Crippen LogP contribution in [0.15, 0.2) is 54.6 Å². The molecule has 0 amide bonds. The monoisotopic (exact) mass is 450 g/mol. The Morgan fingerprint density at radius 3 is 2.50 bits per heavy atom. The molecule has 0 saturated carbocycles. The maximum Gasteiger partial charge on any atom is 0.234 e. The Morgan fingerprint density at radius 2 is 1.87 bits per heavy atom. The van der Waals surface area contributed by atoms with Crippen molar-refractivity contribution in [3.05, 3.63) is 88.0 Å². The summed E-state index contributed by atoms with van der Waals surface area (Å²) in [6, 6.07) is 13.9. The van der Waals surface area contributed by atoms with Crippen LogP contribution < -0.4 is 4.72 Å². The molecule has 158 valence electrons. The number of H-pyrrole nitrogens is 1. The average molecular weight is 451 g/mol. The van der Waals surface area contributed by atoms with Crippen molar-refractivity contribution in [2.45, 2.75) is 12.8 Å². The van der Waals surface area contributed by atoms with Crippen LogP contribution in [-0.2, 0) is 10.0 Å². The van der Waals surface area contributed by atoms with Gasteiger partial charge in [-0.05, 0) is 54.1 Å². The van der Waals surface area contributed by atoms with Gasteiger partial charge in [0.1, 0.15) is 5.82 Å². The van der Waals surface area contributed by atoms with Crippen LogP contribution in [0.3, 0.4) is 0 Å². The number of nitrogens with one attached hydrogen (secondary N) is 2. The Bertz CT molecular complexity index is 1160. The Balaban J connectivity index is 1.79. The van der Waals surface area contributed by atoms with Crippen LogP contribution in [0.2, 0.25) is 5.02 Å². The van der Waals surface area contributed by atoms with E-state index in [9.17, 15) is 17.6 Å². The molecule has 1 atom stereocenters. The maximum absolute atomic E-state index is 14.6. The highest BCUT2D eigenvalue weighted by atomic mass is 35.5. The molecule has 3 aromatic rings. The van der Waals surface area contributed by atoms with Gasteiger partial charge in [-0.1, -0.05) is 24.6 Å². The number of benzene rings is 2. The summed E-state index contributed by atoms with van der Waals surface area (Å²) in [4.78, 5) is 15.6. The summed E-state index contributed by atoms with van der Waals surface area (Å²) in [6.07, 6.45) is 0. The second-order valence-corrected chi connectivity index (χ2v) is 9.04. The summed E-state index contributed by atoms with van der Waals surface area (Å²) < 4.78 is 40.3. The number of aliphatic hydroxyl groups excluding tert-OH is 1. The molecule has 1 aromatic heterocycles. The van der Waals surface area contributed by atoms with Gasteiger partial charge < -0.3 is 10.1 Å². The minimum atomic E-state index is -3.74. The fraction of sp³-hybridized carbons (Fsp3) is 0.190. The topological polar surface area (TPSA) is 99.3 Å². The molecular weight excluding hydrogens is 431 g/mol. The number of hydrogen-bond donors (Lipinski definition) is 3. The summed E-state index contributed by atoms with van der Waals surface area (Å²) in [6.45, 7) is 1.24. The van der Waals surface area contributed by atoms with Gasteiger partial charge in [0.2, 0.25) is 15.8 Å². The van der Waals surface area contributed by atoms with Crippen molar-refractivity contribution in [2.24, 2.45) is 0 Å². The molecule has 1 heterocycles. The predicted molar refractivity (Wildman–Crippen MR) is 114 cm³/mol.